The number of hydrogen-bond acceptors (Lipinski definition) is 6. The van der Waals surface area contributed by atoms with Gasteiger partial charge in [-0.1, -0.05) is 17.3 Å². The summed E-state index contributed by atoms with van der Waals surface area (Å²) in [6, 6.07) is 7.21. The molecule has 9 nitrogen and oxygen atoms in total. The van der Waals surface area contributed by atoms with E-state index in [4.69, 9.17) is 4.52 Å². The predicted molar refractivity (Wildman–Crippen MR) is 114 cm³/mol. The lowest BCUT2D eigenvalue weighted by Gasteiger charge is -2.31. The fourth-order valence-corrected chi connectivity index (χ4v) is 6.11. The number of amides is 2. The molecule has 0 aliphatic carbocycles. The van der Waals surface area contributed by atoms with Crippen molar-refractivity contribution in [3.8, 4) is 0 Å². The van der Waals surface area contributed by atoms with Gasteiger partial charge in [-0.15, -0.1) is 0 Å². The first-order chi connectivity index (χ1) is 14.8. The summed E-state index contributed by atoms with van der Waals surface area (Å²) in [5.41, 5.74) is 1.55. The Morgan fingerprint density at radius 3 is 2.65 bits per heavy atom. The van der Waals surface area contributed by atoms with Crippen LogP contribution in [0, 0.1) is 19.8 Å². The van der Waals surface area contributed by atoms with Gasteiger partial charge in [-0.25, -0.2) is 8.42 Å². The fourth-order valence-electron chi connectivity index (χ4n) is 4.30. The van der Waals surface area contributed by atoms with Crippen LogP contribution in [0.25, 0.3) is 0 Å². The largest absolute Gasteiger partial charge is 0.360 e. The Balaban J connectivity index is 1.51. The number of sulfonamides is 1. The maximum Gasteiger partial charge on any atom is 0.248 e. The molecule has 2 saturated heterocycles. The summed E-state index contributed by atoms with van der Waals surface area (Å²) in [4.78, 5) is 27.0. The lowest BCUT2D eigenvalue weighted by molar-refractivity contribution is -0.121. The standard InChI is InChI=1S/C21H26N4O5S/c1-14-20(15(2)30-23-14)31(28,29)24-11-5-7-16(13-24)21(27)22-17-8-3-4-9-18(17)25-12-6-10-19(25)26/h3-4,8-9,16H,5-7,10-13H2,1-2H3,(H,22,27)/t16-/m1/s1. The highest BCUT2D eigenvalue weighted by molar-refractivity contribution is 7.89. The Morgan fingerprint density at radius 2 is 1.97 bits per heavy atom. The molecule has 2 fully saturated rings. The summed E-state index contributed by atoms with van der Waals surface area (Å²) in [5, 5.41) is 6.67. The quantitative estimate of drug-likeness (QED) is 0.755. The number of nitrogens with one attached hydrogen (secondary N) is 1. The molecule has 0 unspecified atom stereocenters. The molecule has 2 aliphatic rings. The summed E-state index contributed by atoms with van der Waals surface area (Å²) >= 11 is 0. The summed E-state index contributed by atoms with van der Waals surface area (Å²) in [7, 11) is -3.80. The van der Waals surface area contributed by atoms with Gasteiger partial charge in [0, 0.05) is 26.1 Å². The molecular formula is C21H26N4O5S. The van der Waals surface area contributed by atoms with E-state index in [-0.39, 0.29) is 29.0 Å². The zero-order valence-corrected chi connectivity index (χ0v) is 18.4. The van der Waals surface area contributed by atoms with Crippen molar-refractivity contribution in [2.45, 2.75) is 44.4 Å². The van der Waals surface area contributed by atoms with Crippen molar-refractivity contribution in [2.24, 2.45) is 5.92 Å². The van der Waals surface area contributed by atoms with E-state index >= 15 is 0 Å². The number of aryl methyl sites for hydroxylation is 2. The highest BCUT2D eigenvalue weighted by Crippen LogP contribution is 2.31. The van der Waals surface area contributed by atoms with Crippen LogP contribution in [-0.2, 0) is 19.6 Å². The normalized spacial score (nSPS) is 20.3. The van der Waals surface area contributed by atoms with Crippen LogP contribution in [0.2, 0.25) is 0 Å². The summed E-state index contributed by atoms with van der Waals surface area (Å²) in [5.74, 6) is -0.464. The molecule has 166 valence electrons. The van der Waals surface area contributed by atoms with Crippen LogP contribution in [0.1, 0.15) is 37.1 Å². The third-order valence-electron chi connectivity index (χ3n) is 5.85. The smallest absolute Gasteiger partial charge is 0.248 e. The number of carbonyl (C=O) groups is 2. The van der Waals surface area contributed by atoms with Gasteiger partial charge in [0.15, 0.2) is 5.76 Å². The van der Waals surface area contributed by atoms with Crippen molar-refractivity contribution in [3.63, 3.8) is 0 Å². The number of para-hydroxylation sites is 2. The van der Waals surface area contributed by atoms with Gasteiger partial charge < -0.3 is 14.7 Å². The number of nitrogens with zero attached hydrogens (tertiary/aromatic N) is 3. The molecule has 2 amide bonds. The number of carbonyl (C=O) groups excluding carboxylic acids is 2. The lowest BCUT2D eigenvalue weighted by atomic mass is 9.98. The van der Waals surface area contributed by atoms with Crippen molar-refractivity contribution in [1.29, 1.82) is 0 Å². The molecule has 0 saturated carbocycles. The van der Waals surface area contributed by atoms with E-state index in [2.05, 4.69) is 10.5 Å². The maximum atomic E-state index is 13.1. The first kappa shape index (κ1) is 21.5. The summed E-state index contributed by atoms with van der Waals surface area (Å²) in [6.45, 7) is 4.21. The Bertz CT molecular complexity index is 1090. The minimum atomic E-state index is -3.80. The van der Waals surface area contributed by atoms with Gasteiger partial charge in [-0.05, 0) is 45.2 Å². The molecule has 0 spiro atoms. The topological polar surface area (TPSA) is 113 Å². The van der Waals surface area contributed by atoms with E-state index in [0.29, 0.717) is 49.4 Å². The lowest BCUT2D eigenvalue weighted by Crippen LogP contribution is -2.44. The van der Waals surface area contributed by atoms with Gasteiger partial charge in [-0.2, -0.15) is 4.31 Å². The van der Waals surface area contributed by atoms with E-state index in [9.17, 15) is 18.0 Å². The second-order valence-corrected chi connectivity index (χ2v) is 9.89. The van der Waals surface area contributed by atoms with E-state index in [1.165, 1.54) is 4.31 Å². The van der Waals surface area contributed by atoms with Crippen molar-refractivity contribution >= 4 is 33.2 Å². The predicted octanol–water partition coefficient (Wildman–Crippen LogP) is 2.46. The molecule has 0 radical (unpaired) electrons. The molecule has 1 atom stereocenters. The van der Waals surface area contributed by atoms with E-state index in [1.807, 2.05) is 12.1 Å². The highest BCUT2D eigenvalue weighted by Gasteiger charge is 2.36. The molecule has 1 N–H and O–H groups in total. The summed E-state index contributed by atoms with van der Waals surface area (Å²) in [6.07, 6.45) is 2.45. The third kappa shape index (κ3) is 4.09. The molecular weight excluding hydrogens is 420 g/mol. The zero-order chi connectivity index (χ0) is 22.2. The van der Waals surface area contributed by atoms with Gasteiger partial charge in [0.25, 0.3) is 0 Å². The zero-order valence-electron chi connectivity index (χ0n) is 17.6. The van der Waals surface area contributed by atoms with Gasteiger partial charge in [-0.3, -0.25) is 9.59 Å². The molecule has 0 bridgehead atoms. The molecule has 1 aromatic heterocycles. The minimum Gasteiger partial charge on any atom is -0.360 e. The number of benzene rings is 1. The number of piperidine rings is 1. The number of aromatic nitrogens is 1. The first-order valence-electron chi connectivity index (χ1n) is 10.4. The maximum absolute atomic E-state index is 13.1. The van der Waals surface area contributed by atoms with E-state index < -0.39 is 15.9 Å². The fraction of sp³-hybridized carbons (Fsp3) is 0.476. The monoisotopic (exact) mass is 446 g/mol. The van der Waals surface area contributed by atoms with Crippen LogP contribution in [0.3, 0.4) is 0 Å². The second-order valence-electron chi connectivity index (χ2n) is 8.01. The Labute approximate surface area is 181 Å². The van der Waals surface area contributed by atoms with Gasteiger partial charge >= 0.3 is 0 Å². The highest BCUT2D eigenvalue weighted by atomic mass is 32.2. The second kappa shape index (κ2) is 8.43. The number of hydrogen-bond donors (Lipinski definition) is 1. The molecule has 2 aromatic rings. The average molecular weight is 447 g/mol. The molecule has 4 rings (SSSR count). The Morgan fingerprint density at radius 1 is 1.19 bits per heavy atom. The number of rotatable bonds is 5. The van der Waals surface area contributed by atoms with Crippen LogP contribution < -0.4 is 10.2 Å². The van der Waals surface area contributed by atoms with Gasteiger partial charge in [0.05, 0.1) is 17.3 Å². The van der Waals surface area contributed by atoms with E-state index in [1.54, 1.807) is 30.9 Å². The molecule has 31 heavy (non-hydrogen) atoms. The molecule has 10 heteroatoms. The first-order valence-corrected chi connectivity index (χ1v) is 11.9. The number of anilines is 2. The molecule has 2 aliphatic heterocycles. The van der Waals surface area contributed by atoms with Crippen LogP contribution >= 0.6 is 0 Å². The van der Waals surface area contributed by atoms with Crippen molar-refractivity contribution < 1.29 is 22.5 Å². The van der Waals surface area contributed by atoms with Crippen molar-refractivity contribution in [2.75, 3.05) is 29.9 Å². The van der Waals surface area contributed by atoms with Gasteiger partial charge in [0.2, 0.25) is 21.8 Å². The molecule has 3 heterocycles. The minimum absolute atomic E-state index is 0.0381. The van der Waals surface area contributed by atoms with Crippen molar-refractivity contribution in [3.05, 3.63) is 35.7 Å². The average Bonchev–Trinajstić information content (AvgIpc) is 3.33. The Kier molecular flexibility index (Phi) is 5.85. The summed E-state index contributed by atoms with van der Waals surface area (Å²) < 4.78 is 32.6. The van der Waals surface area contributed by atoms with E-state index in [0.717, 1.165) is 6.42 Å². The third-order valence-corrected chi connectivity index (χ3v) is 7.96. The van der Waals surface area contributed by atoms with Crippen LogP contribution in [0.15, 0.2) is 33.7 Å². The van der Waals surface area contributed by atoms with Crippen LogP contribution in [0.5, 0.6) is 0 Å². The Hall–Kier alpha value is -2.72. The SMILES string of the molecule is Cc1noc(C)c1S(=O)(=O)N1CCC[C@@H](C(=O)Nc2ccccc2N2CCCC2=O)C1. The van der Waals surface area contributed by atoms with Crippen LogP contribution in [0.4, 0.5) is 11.4 Å². The van der Waals surface area contributed by atoms with Gasteiger partial charge in [0.1, 0.15) is 10.6 Å². The van der Waals surface area contributed by atoms with Crippen LogP contribution in [-0.4, -0.2) is 49.3 Å². The van der Waals surface area contributed by atoms with Crippen molar-refractivity contribution in [1.82, 2.24) is 9.46 Å². The molecule has 1 aromatic carbocycles.